The normalized spacial score (nSPS) is 13.0. The van der Waals surface area contributed by atoms with Crippen molar-refractivity contribution in [1.29, 1.82) is 0 Å². The molecule has 0 radical (unpaired) electrons. The number of carboxylic acid groups (broad SMARTS) is 1. The minimum atomic E-state index is -0.886. The average molecular weight is 448 g/mol. The van der Waals surface area contributed by atoms with Crippen molar-refractivity contribution in [3.8, 4) is 11.5 Å². The highest BCUT2D eigenvalue weighted by molar-refractivity contribution is 6.16. The third-order valence-electron chi connectivity index (χ3n) is 5.70. The molecule has 1 aliphatic rings. The van der Waals surface area contributed by atoms with Crippen LogP contribution in [-0.4, -0.2) is 29.7 Å². The van der Waals surface area contributed by atoms with Gasteiger partial charge in [-0.15, -0.1) is 0 Å². The van der Waals surface area contributed by atoms with Gasteiger partial charge in [-0.05, 0) is 38.0 Å². The van der Waals surface area contributed by atoms with Gasteiger partial charge in [0.2, 0.25) is 0 Å². The molecule has 4 rings (SSSR count). The van der Waals surface area contributed by atoms with E-state index in [2.05, 4.69) is 6.92 Å². The van der Waals surface area contributed by atoms with E-state index < -0.39 is 5.97 Å². The molecule has 0 aliphatic carbocycles. The Kier molecular flexibility index (Phi) is 6.54. The molecule has 172 valence electrons. The van der Waals surface area contributed by atoms with Crippen molar-refractivity contribution in [1.82, 2.24) is 0 Å². The molecule has 3 aromatic rings. The molecule has 1 aliphatic heterocycles. The van der Waals surface area contributed by atoms with Crippen LogP contribution in [0.2, 0.25) is 0 Å². The van der Waals surface area contributed by atoms with Crippen molar-refractivity contribution in [3.63, 3.8) is 0 Å². The Morgan fingerprint density at radius 2 is 1.73 bits per heavy atom. The van der Waals surface area contributed by atoms with Crippen molar-refractivity contribution < 1.29 is 24.2 Å². The summed E-state index contributed by atoms with van der Waals surface area (Å²) in [6.45, 7) is 6.95. The van der Waals surface area contributed by atoms with Crippen LogP contribution in [0.5, 0.6) is 11.5 Å². The molecule has 0 spiro atoms. The van der Waals surface area contributed by atoms with Crippen LogP contribution in [-0.2, 0) is 17.8 Å². The predicted molar refractivity (Wildman–Crippen MR) is 128 cm³/mol. The number of nitrogens with zero attached hydrogens (tertiary/aromatic N) is 1. The van der Waals surface area contributed by atoms with E-state index in [0.717, 1.165) is 34.9 Å². The number of hydrogen-bond donors (Lipinski definition) is 1. The molecular formula is C27H29NO5. The van der Waals surface area contributed by atoms with E-state index in [9.17, 15) is 9.59 Å². The number of fused-ring (bicyclic) bond motifs is 2. The smallest absolute Gasteiger partial charge is 0.307 e. The zero-order valence-corrected chi connectivity index (χ0v) is 19.3. The number of unbranched alkanes of at least 4 members (excludes halogenated alkanes) is 1. The summed E-state index contributed by atoms with van der Waals surface area (Å²) in [5.41, 5.74) is 2.78. The summed E-state index contributed by atoms with van der Waals surface area (Å²) in [5, 5.41) is 10.8. The first kappa shape index (κ1) is 22.6. The van der Waals surface area contributed by atoms with Crippen LogP contribution >= 0.6 is 0 Å². The van der Waals surface area contributed by atoms with E-state index in [1.54, 1.807) is 29.2 Å². The van der Waals surface area contributed by atoms with E-state index in [1.807, 2.05) is 38.1 Å². The van der Waals surface area contributed by atoms with Crippen LogP contribution in [0.3, 0.4) is 0 Å². The molecule has 0 unspecified atom stereocenters. The van der Waals surface area contributed by atoms with Gasteiger partial charge in [0, 0.05) is 22.0 Å². The highest BCUT2D eigenvalue weighted by Crippen LogP contribution is 2.46. The number of rotatable bonds is 9. The molecule has 0 atom stereocenters. The molecule has 0 saturated carbocycles. The third kappa shape index (κ3) is 4.51. The van der Waals surface area contributed by atoms with Gasteiger partial charge in [0.15, 0.2) is 0 Å². The molecule has 6 nitrogen and oxygen atoms in total. The van der Waals surface area contributed by atoms with Gasteiger partial charge in [0.05, 0.1) is 31.2 Å². The zero-order chi connectivity index (χ0) is 23.5. The Hall–Kier alpha value is -3.54. The molecule has 1 N–H and O–H groups in total. The van der Waals surface area contributed by atoms with Gasteiger partial charge in [-0.25, -0.2) is 0 Å². The van der Waals surface area contributed by atoms with Crippen molar-refractivity contribution in [2.75, 3.05) is 11.5 Å². The monoisotopic (exact) mass is 447 g/mol. The fourth-order valence-electron chi connectivity index (χ4n) is 4.18. The summed E-state index contributed by atoms with van der Waals surface area (Å²) in [5.74, 6) is 0.308. The Balaban J connectivity index is 1.82. The van der Waals surface area contributed by atoms with Gasteiger partial charge >= 0.3 is 5.97 Å². The Morgan fingerprint density at radius 3 is 2.33 bits per heavy atom. The highest BCUT2D eigenvalue weighted by atomic mass is 16.5. The Bertz CT molecular complexity index is 1180. The van der Waals surface area contributed by atoms with Gasteiger partial charge in [-0.3, -0.25) is 9.59 Å². The summed E-state index contributed by atoms with van der Waals surface area (Å²) in [4.78, 5) is 26.4. The summed E-state index contributed by atoms with van der Waals surface area (Å²) in [7, 11) is 0. The number of hydrogen-bond acceptors (Lipinski definition) is 4. The van der Waals surface area contributed by atoms with Gasteiger partial charge in [-0.1, -0.05) is 49.7 Å². The first-order valence-electron chi connectivity index (χ1n) is 11.4. The summed E-state index contributed by atoms with van der Waals surface area (Å²) in [6, 6.07) is 15.0. The second-order valence-corrected chi connectivity index (χ2v) is 8.55. The number of aliphatic carboxylic acids is 1. The molecular weight excluding hydrogens is 418 g/mol. The number of ether oxygens (including phenoxy) is 2. The number of carboxylic acids is 1. The molecule has 1 heterocycles. The van der Waals surface area contributed by atoms with Crippen LogP contribution in [0, 0.1) is 0 Å². The molecule has 0 bridgehead atoms. The summed E-state index contributed by atoms with van der Waals surface area (Å²) in [6.07, 6.45) is 1.79. The molecule has 0 saturated heterocycles. The minimum Gasteiger partial charge on any atom is -0.492 e. The number of benzene rings is 3. The molecule has 0 fully saturated rings. The quantitative estimate of drug-likeness (QED) is 0.433. The maximum Gasteiger partial charge on any atom is 0.307 e. The predicted octanol–water partition coefficient (Wildman–Crippen LogP) is 5.59. The maximum absolute atomic E-state index is 13.7. The van der Waals surface area contributed by atoms with Crippen LogP contribution in [0.15, 0.2) is 48.5 Å². The van der Waals surface area contributed by atoms with Crippen molar-refractivity contribution in [3.05, 3.63) is 65.2 Å². The van der Waals surface area contributed by atoms with E-state index in [1.165, 1.54) is 0 Å². The first-order valence-corrected chi connectivity index (χ1v) is 11.4. The summed E-state index contributed by atoms with van der Waals surface area (Å²) < 4.78 is 12.5. The standard InChI is InChI=1S/C27H29NO5/c1-4-5-14-32-26-21-9-7-6-8-20(21)25(33-17(2)3)22-16-28(27(31)24(22)26)19-12-10-18(11-13-19)15-23(29)30/h6-13,17H,4-5,14-16H2,1-3H3,(H,29,30). The topological polar surface area (TPSA) is 76.1 Å². The molecule has 0 aromatic heterocycles. The lowest BCUT2D eigenvalue weighted by Crippen LogP contribution is -2.23. The molecule has 3 aromatic carbocycles. The lowest BCUT2D eigenvalue weighted by Gasteiger charge is -2.19. The van der Waals surface area contributed by atoms with Crippen molar-refractivity contribution in [2.45, 2.75) is 52.7 Å². The van der Waals surface area contributed by atoms with Crippen LogP contribution < -0.4 is 14.4 Å². The largest absolute Gasteiger partial charge is 0.492 e. The van der Waals surface area contributed by atoms with E-state index in [-0.39, 0.29) is 18.4 Å². The molecule has 33 heavy (non-hydrogen) atoms. The number of carbonyl (C=O) groups is 2. The SMILES string of the molecule is CCCCOc1c2c(c(OC(C)C)c3ccccc13)CN(c1ccc(CC(=O)O)cc1)C2=O. The maximum atomic E-state index is 13.7. The lowest BCUT2D eigenvalue weighted by molar-refractivity contribution is -0.136. The average Bonchev–Trinajstić information content (AvgIpc) is 3.12. The van der Waals surface area contributed by atoms with Crippen LogP contribution in [0.25, 0.3) is 10.8 Å². The zero-order valence-electron chi connectivity index (χ0n) is 19.3. The van der Waals surface area contributed by atoms with E-state index in [0.29, 0.717) is 35.7 Å². The Morgan fingerprint density at radius 1 is 1.06 bits per heavy atom. The van der Waals surface area contributed by atoms with Crippen molar-refractivity contribution >= 4 is 28.3 Å². The lowest BCUT2D eigenvalue weighted by atomic mass is 9.99. The van der Waals surface area contributed by atoms with Gasteiger partial charge in [-0.2, -0.15) is 0 Å². The van der Waals surface area contributed by atoms with Gasteiger partial charge in [0.1, 0.15) is 11.5 Å². The number of anilines is 1. The summed E-state index contributed by atoms with van der Waals surface area (Å²) >= 11 is 0. The fourth-order valence-corrected chi connectivity index (χ4v) is 4.18. The van der Waals surface area contributed by atoms with Crippen LogP contribution in [0.4, 0.5) is 5.69 Å². The number of amides is 1. The van der Waals surface area contributed by atoms with E-state index >= 15 is 0 Å². The van der Waals surface area contributed by atoms with Crippen molar-refractivity contribution in [2.24, 2.45) is 0 Å². The first-order chi connectivity index (χ1) is 15.9. The molecule has 1 amide bonds. The second-order valence-electron chi connectivity index (χ2n) is 8.55. The van der Waals surface area contributed by atoms with Crippen LogP contribution in [0.1, 0.15) is 55.1 Å². The Labute approximate surface area is 193 Å². The highest BCUT2D eigenvalue weighted by Gasteiger charge is 2.37. The van der Waals surface area contributed by atoms with Gasteiger partial charge in [0.25, 0.3) is 5.91 Å². The van der Waals surface area contributed by atoms with E-state index in [4.69, 9.17) is 14.6 Å². The number of carbonyl (C=O) groups excluding carboxylic acids is 1. The minimum absolute atomic E-state index is 0.0520. The van der Waals surface area contributed by atoms with Gasteiger partial charge < -0.3 is 19.5 Å². The molecule has 6 heteroatoms. The second kappa shape index (κ2) is 9.53. The third-order valence-corrected chi connectivity index (χ3v) is 5.70. The fraction of sp³-hybridized carbons (Fsp3) is 0.333.